The molecule has 0 amide bonds. The van der Waals surface area contributed by atoms with E-state index in [1.165, 1.54) is 19.2 Å². The number of hydrogen-bond acceptors (Lipinski definition) is 13. The van der Waals surface area contributed by atoms with Crippen molar-refractivity contribution in [1.29, 1.82) is 0 Å². The lowest BCUT2D eigenvalue weighted by Crippen LogP contribution is -2.66. The fourth-order valence-corrected chi connectivity index (χ4v) is 9.77. The molecule has 2 saturated heterocycles. The Bertz CT molecular complexity index is 2710. The van der Waals surface area contributed by atoms with Gasteiger partial charge in [-0.2, -0.15) is 21.6 Å². The first-order valence-electron chi connectivity index (χ1n) is 23.3. The van der Waals surface area contributed by atoms with Gasteiger partial charge in [0.2, 0.25) is 0 Å². The van der Waals surface area contributed by atoms with Crippen molar-refractivity contribution >= 4 is 16.1 Å². The van der Waals surface area contributed by atoms with E-state index in [2.05, 4.69) is 0 Å². The van der Waals surface area contributed by atoms with Crippen LogP contribution < -0.4 is 0 Å². The van der Waals surface area contributed by atoms with Crippen molar-refractivity contribution in [3.8, 4) is 0 Å². The zero-order chi connectivity index (χ0) is 50.5. The summed E-state index contributed by atoms with van der Waals surface area (Å²) in [6.07, 6.45) is -18.8. The molecule has 2 heterocycles. The van der Waals surface area contributed by atoms with Gasteiger partial charge in [-0.05, 0) is 53.4 Å². The Labute approximate surface area is 416 Å². The van der Waals surface area contributed by atoms with E-state index in [1.807, 2.05) is 91.0 Å². The van der Waals surface area contributed by atoms with Crippen molar-refractivity contribution in [3.05, 3.63) is 209 Å². The molecule has 2 aliphatic heterocycles. The van der Waals surface area contributed by atoms with Gasteiger partial charge in [0.1, 0.15) is 35.4 Å². The molecule has 0 saturated carbocycles. The molecular weight excluding hydrogens is 958 g/mol. The van der Waals surface area contributed by atoms with Crippen molar-refractivity contribution in [2.75, 3.05) is 13.7 Å². The summed E-state index contributed by atoms with van der Waals surface area (Å²) >= 11 is 0. The Hall–Kier alpha value is -5.83. The molecule has 13 nitrogen and oxygen atoms in total. The molecule has 2 fully saturated rings. The molecule has 0 aromatic heterocycles. The highest BCUT2D eigenvalue weighted by Crippen LogP contribution is 2.40. The first kappa shape index (κ1) is 52.5. The lowest BCUT2D eigenvalue weighted by molar-refractivity contribution is -0.365. The predicted molar refractivity (Wildman–Crippen MR) is 255 cm³/mol. The van der Waals surface area contributed by atoms with Crippen molar-refractivity contribution in [2.24, 2.45) is 0 Å². The number of hydrogen-bond donors (Lipinski definition) is 0. The summed E-state index contributed by atoms with van der Waals surface area (Å²) in [5.41, 5.74) is 1.75. The van der Waals surface area contributed by atoms with Gasteiger partial charge in [-0.15, -0.1) is 0 Å². The summed E-state index contributed by atoms with van der Waals surface area (Å²) in [4.78, 5) is 12.7. The van der Waals surface area contributed by atoms with Gasteiger partial charge in [0.25, 0.3) is 10.1 Å². The lowest BCUT2D eigenvalue weighted by atomic mass is 9.96. The smallest absolute Gasteiger partial charge is 0.417 e. The molecular formula is C55H55F3O13S. The van der Waals surface area contributed by atoms with Gasteiger partial charge in [-0.25, -0.2) is 4.79 Å². The van der Waals surface area contributed by atoms with Gasteiger partial charge in [-0.1, -0.05) is 152 Å². The van der Waals surface area contributed by atoms with Crippen LogP contribution in [0.1, 0.15) is 45.1 Å². The Balaban J connectivity index is 1.23. The quantitative estimate of drug-likeness (QED) is 0.0499. The van der Waals surface area contributed by atoms with Crippen LogP contribution in [0.15, 0.2) is 181 Å². The van der Waals surface area contributed by atoms with Crippen LogP contribution in [0.4, 0.5) is 13.2 Å². The molecule has 8 rings (SSSR count). The van der Waals surface area contributed by atoms with E-state index in [1.54, 1.807) is 55.5 Å². The summed E-state index contributed by atoms with van der Waals surface area (Å²) in [7, 11) is -3.98. The van der Waals surface area contributed by atoms with E-state index in [0.29, 0.717) is 11.6 Å². The highest BCUT2D eigenvalue weighted by molar-refractivity contribution is 7.86. The minimum Gasteiger partial charge on any atom is -0.453 e. The SMILES string of the molecule is CO[C@H]1O[C@H](COCc2ccccc2)[C@@H](OCc2ccccc2)[C@H](O[C@@H]2O[C@@H](C)[C@H](OC(=O)c3ccccc3)[C@@H](OCc3ccccc3)[C@H]2OS(=O)(=O)c2ccccc2C(F)(F)F)[C@@H]1OCc1ccccc1. The van der Waals surface area contributed by atoms with E-state index in [0.717, 1.165) is 34.9 Å². The van der Waals surface area contributed by atoms with Crippen LogP contribution in [0.3, 0.4) is 0 Å². The predicted octanol–water partition coefficient (Wildman–Crippen LogP) is 9.48. The van der Waals surface area contributed by atoms with E-state index in [4.69, 9.17) is 46.8 Å². The Kier molecular flexibility index (Phi) is 18.0. The van der Waals surface area contributed by atoms with Gasteiger partial charge in [-0.3, -0.25) is 4.18 Å². The molecule has 0 unspecified atom stereocenters. The third-order valence-electron chi connectivity index (χ3n) is 12.0. The fourth-order valence-electron chi connectivity index (χ4n) is 8.48. The topological polar surface area (TPSA) is 144 Å². The van der Waals surface area contributed by atoms with Crippen LogP contribution >= 0.6 is 0 Å². The average molecular weight is 1010 g/mol. The average Bonchev–Trinajstić information content (AvgIpc) is 3.40. The third-order valence-corrected chi connectivity index (χ3v) is 13.4. The zero-order valence-corrected chi connectivity index (χ0v) is 40.2. The number of carbonyl (C=O) groups is 1. The molecule has 72 heavy (non-hydrogen) atoms. The maximum Gasteiger partial charge on any atom is 0.417 e. The van der Waals surface area contributed by atoms with E-state index < -0.39 is 94.1 Å². The minimum atomic E-state index is -5.40. The largest absolute Gasteiger partial charge is 0.453 e. The first-order valence-corrected chi connectivity index (χ1v) is 24.7. The standard InChI is InChI=1S/C55H55F3O13S/c1-37-46(69-52(59)42-28-16-7-17-29-42)48(65-34-40-24-12-5-13-25-40)51(71-72(60,61)45-31-19-18-30-43(45)55(56,57)58)54(67-37)70-49-47(64-33-39-22-10-4-11-23-39)44(36-63-32-38-20-8-3-9-21-38)68-53(62-2)50(49)66-35-41-26-14-6-15-27-41/h3-31,37,44,46-51,53-54H,32-36H2,1-2H3/t37-,44+,46-,47+,48+,49-,50-,51+,53-,54-/m0/s1. The van der Waals surface area contributed by atoms with Gasteiger partial charge < -0.3 is 42.6 Å². The minimum absolute atomic E-state index is 0.0138. The molecule has 6 aromatic carbocycles. The third kappa shape index (κ3) is 13.6. The van der Waals surface area contributed by atoms with Crippen molar-refractivity contribution < 1.29 is 73.2 Å². The van der Waals surface area contributed by atoms with Crippen LogP contribution in [0.2, 0.25) is 0 Å². The van der Waals surface area contributed by atoms with Gasteiger partial charge in [0.05, 0.1) is 50.3 Å². The second-order valence-electron chi connectivity index (χ2n) is 17.1. The highest BCUT2D eigenvalue weighted by atomic mass is 32.2. The van der Waals surface area contributed by atoms with Crippen LogP contribution in [-0.2, 0) is 89.5 Å². The molecule has 380 valence electrons. The Morgan fingerprint density at radius 2 is 1.01 bits per heavy atom. The summed E-state index contributed by atoms with van der Waals surface area (Å²) in [6.45, 7) is 1.54. The summed E-state index contributed by atoms with van der Waals surface area (Å²) in [6, 6.07) is 48.5. The normalized spacial score (nSPS) is 24.6. The van der Waals surface area contributed by atoms with Gasteiger partial charge >= 0.3 is 12.1 Å². The van der Waals surface area contributed by atoms with Crippen molar-refractivity contribution in [1.82, 2.24) is 0 Å². The van der Waals surface area contributed by atoms with Crippen LogP contribution in [0.25, 0.3) is 0 Å². The molecule has 0 radical (unpaired) electrons. The monoisotopic (exact) mass is 1010 g/mol. The second-order valence-corrected chi connectivity index (χ2v) is 18.7. The molecule has 0 spiro atoms. The number of halogens is 3. The summed E-state index contributed by atoms with van der Waals surface area (Å²) in [5, 5.41) is 0. The van der Waals surface area contributed by atoms with Gasteiger partial charge in [0.15, 0.2) is 24.8 Å². The first-order chi connectivity index (χ1) is 34.9. The summed E-state index contributed by atoms with van der Waals surface area (Å²) in [5.74, 6) is -0.817. The molecule has 2 aliphatic rings. The van der Waals surface area contributed by atoms with E-state index >= 15 is 0 Å². The number of benzene rings is 6. The Morgan fingerprint density at radius 1 is 0.542 bits per heavy atom. The molecule has 0 bridgehead atoms. The van der Waals surface area contributed by atoms with Crippen LogP contribution in [0, 0.1) is 0 Å². The van der Waals surface area contributed by atoms with Crippen LogP contribution in [0.5, 0.6) is 0 Å². The zero-order valence-electron chi connectivity index (χ0n) is 39.4. The number of alkyl halides is 3. The molecule has 0 aliphatic carbocycles. The fraction of sp³-hybridized carbons (Fsp3) is 0.327. The maximum absolute atomic E-state index is 14.6. The van der Waals surface area contributed by atoms with E-state index in [-0.39, 0.29) is 38.6 Å². The number of ether oxygens (including phenoxy) is 9. The lowest BCUT2D eigenvalue weighted by Gasteiger charge is -2.49. The molecule has 0 N–H and O–H groups in total. The number of methoxy groups -OCH3 is 1. The van der Waals surface area contributed by atoms with Crippen molar-refractivity contribution in [2.45, 2.75) is 106 Å². The van der Waals surface area contributed by atoms with Gasteiger partial charge in [0, 0.05) is 7.11 Å². The molecule has 6 aromatic rings. The second kappa shape index (κ2) is 24.7. The number of carbonyl (C=O) groups excluding carboxylic acids is 1. The van der Waals surface area contributed by atoms with Crippen molar-refractivity contribution in [3.63, 3.8) is 0 Å². The highest BCUT2D eigenvalue weighted by Gasteiger charge is 2.56. The van der Waals surface area contributed by atoms with E-state index in [9.17, 15) is 26.4 Å². The number of rotatable bonds is 21. The Morgan fingerprint density at radius 3 is 1.54 bits per heavy atom. The molecule has 10 atom stereocenters. The summed E-state index contributed by atoms with van der Waals surface area (Å²) < 4.78 is 137. The van der Waals surface area contributed by atoms with Crippen LogP contribution in [-0.4, -0.2) is 89.5 Å². The maximum atomic E-state index is 14.6. The number of esters is 1. The molecule has 17 heteroatoms.